The van der Waals surface area contributed by atoms with Gasteiger partial charge in [-0.2, -0.15) is 0 Å². The predicted molar refractivity (Wildman–Crippen MR) is 74.4 cm³/mol. The van der Waals surface area contributed by atoms with E-state index in [9.17, 15) is 4.79 Å². The van der Waals surface area contributed by atoms with Crippen molar-refractivity contribution >= 4 is 5.97 Å². The third-order valence-electron chi connectivity index (χ3n) is 3.11. The Bertz CT molecular complexity index is 246. The van der Waals surface area contributed by atoms with Crippen LogP contribution in [0.1, 0.15) is 65.7 Å². The second kappa shape index (κ2) is 11.3. The van der Waals surface area contributed by atoms with Gasteiger partial charge in [0.15, 0.2) is 0 Å². The van der Waals surface area contributed by atoms with Crippen molar-refractivity contribution in [1.82, 2.24) is 0 Å². The molecule has 1 unspecified atom stereocenters. The predicted octanol–water partition coefficient (Wildman–Crippen LogP) is 3.61. The minimum Gasteiger partial charge on any atom is -0.459 e. The number of unbranched alkanes of at least 4 members (excludes halogenated alkanes) is 4. The third kappa shape index (κ3) is 8.29. The lowest BCUT2D eigenvalue weighted by Crippen LogP contribution is -2.20. The highest BCUT2D eigenvalue weighted by Gasteiger charge is 2.14. The number of hydrogen-bond donors (Lipinski definition) is 1. The second-order valence-corrected chi connectivity index (χ2v) is 4.71. The summed E-state index contributed by atoms with van der Waals surface area (Å²) in [6, 6.07) is 0. The van der Waals surface area contributed by atoms with E-state index in [1.54, 1.807) is 13.0 Å². The summed E-state index contributed by atoms with van der Waals surface area (Å²) in [5, 5.41) is 8.98. The van der Waals surface area contributed by atoms with Gasteiger partial charge in [0.05, 0.1) is 0 Å². The van der Waals surface area contributed by atoms with Gasteiger partial charge in [-0.3, -0.25) is 0 Å². The Labute approximate surface area is 111 Å². The van der Waals surface area contributed by atoms with Crippen LogP contribution >= 0.6 is 0 Å². The Morgan fingerprint density at radius 2 is 1.89 bits per heavy atom. The molecular formula is C15H28O3. The zero-order chi connectivity index (χ0) is 13.8. The summed E-state index contributed by atoms with van der Waals surface area (Å²) in [5.41, 5.74) is 0.629. The number of carbonyl (C=O) groups excluding carboxylic acids is 1. The molecule has 0 saturated heterocycles. The molecule has 106 valence electrons. The first-order valence-corrected chi connectivity index (χ1v) is 7.10. The molecule has 0 aromatic carbocycles. The Kier molecular flexibility index (Phi) is 10.8. The van der Waals surface area contributed by atoms with E-state index in [4.69, 9.17) is 9.84 Å². The van der Waals surface area contributed by atoms with Crippen molar-refractivity contribution in [2.45, 2.75) is 71.8 Å². The van der Waals surface area contributed by atoms with Crippen LogP contribution in [-0.4, -0.2) is 23.8 Å². The van der Waals surface area contributed by atoms with E-state index in [1.807, 2.05) is 6.92 Å². The van der Waals surface area contributed by atoms with Crippen LogP contribution in [0.3, 0.4) is 0 Å². The van der Waals surface area contributed by atoms with Gasteiger partial charge in [-0.25, -0.2) is 4.79 Å². The zero-order valence-electron chi connectivity index (χ0n) is 12.1. The van der Waals surface area contributed by atoms with E-state index in [0.29, 0.717) is 12.0 Å². The van der Waals surface area contributed by atoms with E-state index in [1.165, 1.54) is 25.7 Å². The summed E-state index contributed by atoms with van der Waals surface area (Å²) < 4.78 is 5.38. The maximum Gasteiger partial charge on any atom is 0.333 e. The van der Waals surface area contributed by atoms with E-state index < -0.39 is 0 Å². The van der Waals surface area contributed by atoms with Gasteiger partial charge in [0, 0.05) is 18.6 Å². The smallest absolute Gasteiger partial charge is 0.333 e. The molecule has 0 amide bonds. The van der Waals surface area contributed by atoms with Gasteiger partial charge in [0.2, 0.25) is 0 Å². The summed E-state index contributed by atoms with van der Waals surface area (Å²) >= 11 is 0. The fourth-order valence-electron chi connectivity index (χ4n) is 1.74. The lowest BCUT2D eigenvalue weighted by molar-refractivity contribution is -0.145. The second-order valence-electron chi connectivity index (χ2n) is 4.71. The summed E-state index contributed by atoms with van der Waals surface area (Å²) in [6.07, 6.45) is 8.98. The molecule has 0 radical (unpaired) electrons. The van der Waals surface area contributed by atoms with E-state index in [0.717, 1.165) is 12.8 Å². The molecule has 0 saturated carbocycles. The summed E-state index contributed by atoms with van der Waals surface area (Å²) in [6.45, 7) is 5.83. The van der Waals surface area contributed by atoms with Crippen molar-refractivity contribution in [3.63, 3.8) is 0 Å². The van der Waals surface area contributed by atoms with Gasteiger partial charge in [0.1, 0.15) is 6.10 Å². The quantitative estimate of drug-likeness (QED) is 0.369. The molecule has 0 aliphatic carbocycles. The van der Waals surface area contributed by atoms with Gasteiger partial charge in [-0.05, 0) is 26.7 Å². The molecule has 0 aromatic rings. The molecule has 3 heteroatoms. The number of allylic oxidation sites excluding steroid dienone is 1. The molecule has 18 heavy (non-hydrogen) atoms. The van der Waals surface area contributed by atoms with Crippen molar-refractivity contribution in [2.24, 2.45) is 0 Å². The van der Waals surface area contributed by atoms with Crippen molar-refractivity contribution in [3.8, 4) is 0 Å². The molecule has 0 spiro atoms. The topological polar surface area (TPSA) is 46.5 Å². The molecule has 0 bridgehead atoms. The molecular weight excluding hydrogens is 228 g/mol. The first-order valence-electron chi connectivity index (χ1n) is 7.10. The Balaban J connectivity index is 3.95. The van der Waals surface area contributed by atoms with Crippen LogP contribution in [0.5, 0.6) is 0 Å². The van der Waals surface area contributed by atoms with Gasteiger partial charge in [0.25, 0.3) is 0 Å². The summed E-state index contributed by atoms with van der Waals surface area (Å²) in [4.78, 5) is 11.6. The SMILES string of the molecule is CC=C(C)C(=O)OC(CCO)CCCCCCC. The number of hydrogen-bond acceptors (Lipinski definition) is 3. The van der Waals surface area contributed by atoms with Crippen LogP contribution in [-0.2, 0) is 9.53 Å². The number of carbonyl (C=O) groups is 1. The van der Waals surface area contributed by atoms with E-state index in [-0.39, 0.29) is 18.7 Å². The maximum atomic E-state index is 11.6. The fourth-order valence-corrected chi connectivity index (χ4v) is 1.74. The Morgan fingerprint density at radius 1 is 1.22 bits per heavy atom. The monoisotopic (exact) mass is 256 g/mol. The first kappa shape index (κ1) is 17.2. The maximum absolute atomic E-state index is 11.6. The van der Waals surface area contributed by atoms with E-state index >= 15 is 0 Å². The number of rotatable bonds is 10. The average Bonchev–Trinajstić information content (AvgIpc) is 2.37. The Hall–Kier alpha value is -0.830. The highest BCUT2D eigenvalue weighted by Crippen LogP contribution is 2.13. The van der Waals surface area contributed by atoms with Gasteiger partial charge >= 0.3 is 5.97 Å². The first-order chi connectivity index (χ1) is 8.65. The van der Waals surface area contributed by atoms with Crippen LogP contribution in [0.25, 0.3) is 0 Å². The number of ether oxygens (including phenoxy) is 1. The highest BCUT2D eigenvalue weighted by molar-refractivity contribution is 5.87. The highest BCUT2D eigenvalue weighted by atomic mass is 16.5. The molecule has 3 nitrogen and oxygen atoms in total. The van der Waals surface area contributed by atoms with Crippen LogP contribution < -0.4 is 0 Å². The normalized spacial score (nSPS) is 13.4. The minimum atomic E-state index is -0.260. The lowest BCUT2D eigenvalue weighted by atomic mass is 10.1. The third-order valence-corrected chi connectivity index (χ3v) is 3.11. The van der Waals surface area contributed by atoms with Crippen molar-refractivity contribution in [1.29, 1.82) is 0 Å². The van der Waals surface area contributed by atoms with Crippen LogP contribution in [0.4, 0.5) is 0 Å². The lowest BCUT2D eigenvalue weighted by Gasteiger charge is -2.17. The summed E-state index contributed by atoms with van der Waals surface area (Å²) in [7, 11) is 0. The fraction of sp³-hybridized carbons (Fsp3) is 0.800. The Morgan fingerprint density at radius 3 is 2.44 bits per heavy atom. The van der Waals surface area contributed by atoms with Gasteiger partial charge in [-0.15, -0.1) is 0 Å². The minimum absolute atomic E-state index is 0.0712. The van der Waals surface area contributed by atoms with Crippen molar-refractivity contribution < 1.29 is 14.6 Å². The molecule has 1 N–H and O–H groups in total. The van der Waals surface area contributed by atoms with E-state index in [2.05, 4.69) is 6.92 Å². The largest absolute Gasteiger partial charge is 0.459 e. The van der Waals surface area contributed by atoms with Gasteiger partial charge < -0.3 is 9.84 Å². The standard InChI is InChI=1S/C15H28O3/c1-4-6-7-8-9-10-14(11-12-16)18-15(17)13(3)5-2/h5,14,16H,4,6-12H2,1-3H3. The number of esters is 1. The number of aliphatic hydroxyl groups excluding tert-OH is 1. The van der Waals surface area contributed by atoms with Crippen LogP contribution in [0.2, 0.25) is 0 Å². The number of aliphatic hydroxyl groups is 1. The molecule has 0 aliphatic heterocycles. The molecule has 0 rings (SSSR count). The average molecular weight is 256 g/mol. The molecule has 0 aromatic heterocycles. The van der Waals surface area contributed by atoms with Crippen molar-refractivity contribution in [3.05, 3.63) is 11.6 Å². The van der Waals surface area contributed by atoms with Crippen molar-refractivity contribution in [2.75, 3.05) is 6.61 Å². The molecule has 0 heterocycles. The van der Waals surface area contributed by atoms with Crippen LogP contribution in [0.15, 0.2) is 11.6 Å². The molecule has 0 fully saturated rings. The molecule has 0 aliphatic rings. The zero-order valence-corrected chi connectivity index (χ0v) is 12.1. The summed E-state index contributed by atoms with van der Waals surface area (Å²) in [5.74, 6) is -0.260. The van der Waals surface area contributed by atoms with Crippen LogP contribution in [0, 0.1) is 0 Å². The molecule has 1 atom stereocenters. The van der Waals surface area contributed by atoms with Gasteiger partial charge in [-0.1, -0.05) is 38.7 Å².